The van der Waals surface area contributed by atoms with Crippen LogP contribution in [-0.2, 0) is 11.2 Å². The van der Waals surface area contributed by atoms with Gasteiger partial charge in [0.05, 0.1) is 5.92 Å². The Bertz CT molecular complexity index is 776. The summed E-state index contributed by atoms with van der Waals surface area (Å²) in [7, 11) is 0. The predicted octanol–water partition coefficient (Wildman–Crippen LogP) is 2.74. The Labute approximate surface area is 144 Å². The Morgan fingerprint density at radius 1 is 1.42 bits per heavy atom. The molecule has 0 unspecified atom stereocenters. The van der Waals surface area contributed by atoms with Gasteiger partial charge in [-0.3, -0.25) is 4.79 Å². The highest BCUT2D eigenvalue weighted by molar-refractivity contribution is 6.30. The molecule has 0 saturated carbocycles. The first kappa shape index (κ1) is 15.4. The maximum absolute atomic E-state index is 12.8. The molecular weight excluding hydrogens is 330 g/mol. The largest absolute Gasteiger partial charge is 0.480 e. The molecule has 24 heavy (non-hydrogen) atoms. The van der Waals surface area contributed by atoms with Crippen LogP contribution in [0.2, 0.25) is 5.02 Å². The molecule has 0 spiro atoms. The van der Waals surface area contributed by atoms with E-state index >= 15 is 0 Å². The van der Waals surface area contributed by atoms with E-state index in [4.69, 9.17) is 20.9 Å². The number of aromatic nitrogens is 2. The SMILES string of the molecule is Cc1noc([C@@H]2CCCN(C(=O)[C@@H]3Cc4cc(Cl)ccc4O3)C2)n1. The molecule has 3 heterocycles. The van der Waals surface area contributed by atoms with Gasteiger partial charge in [0.15, 0.2) is 11.9 Å². The van der Waals surface area contributed by atoms with E-state index in [1.54, 1.807) is 13.0 Å². The van der Waals surface area contributed by atoms with Crippen molar-refractivity contribution in [1.29, 1.82) is 0 Å². The van der Waals surface area contributed by atoms with E-state index in [0.29, 0.717) is 29.7 Å². The molecule has 0 bridgehead atoms. The number of nitrogens with zero attached hydrogens (tertiary/aromatic N) is 3. The van der Waals surface area contributed by atoms with Gasteiger partial charge in [-0.25, -0.2) is 0 Å². The highest BCUT2D eigenvalue weighted by Crippen LogP contribution is 2.33. The number of hydrogen-bond donors (Lipinski definition) is 0. The van der Waals surface area contributed by atoms with E-state index in [1.807, 2.05) is 17.0 Å². The lowest BCUT2D eigenvalue weighted by Crippen LogP contribution is -2.46. The monoisotopic (exact) mass is 347 g/mol. The fourth-order valence-electron chi connectivity index (χ4n) is 3.42. The molecule has 1 aromatic carbocycles. The number of carbonyl (C=O) groups is 1. The number of rotatable bonds is 2. The van der Waals surface area contributed by atoms with Crippen LogP contribution < -0.4 is 4.74 Å². The zero-order valence-electron chi connectivity index (χ0n) is 13.4. The molecule has 0 radical (unpaired) electrons. The molecule has 0 N–H and O–H groups in total. The lowest BCUT2D eigenvalue weighted by atomic mass is 9.97. The summed E-state index contributed by atoms with van der Waals surface area (Å²) in [5.74, 6) is 2.11. The van der Waals surface area contributed by atoms with Crippen molar-refractivity contribution in [1.82, 2.24) is 15.0 Å². The lowest BCUT2D eigenvalue weighted by molar-refractivity contribution is -0.139. The van der Waals surface area contributed by atoms with Gasteiger partial charge in [0.25, 0.3) is 5.91 Å². The zero-order valence-corrected chi connectivity index (χ0v) is 14.1. The van der Waals surface area contributed by atoms with Crippen molar-refractivity contribution in [2.75, 3.05) is 13.1 Å². The van der Waals surface area contributed by atoms with Crippen LogP contribution in [0.1, 0.15) is 36.0 Å². The van der Waals surface area contributed by atoms with Gasteiger partial charge >= 0.3 is 0 Å². The number of fused-ring (bicyclic) bond motifs is 1. The van der Waals surface area contributed by atoms with Crippen LogP contribution in [0.3, 0.4) is 0 Å². The van der Waals surface area contributed by atoms with Gasteiger partial charge in [-0.1, -0.05) is 16.8 Å². The van der Waals surface area contributed by atoms with Gasteiger partial charge in [-0.05, 0) is 43.5 Å². The lowest BCUT2D eigenvalue weighted by Gasteiger charge is -2.32. The van der Waals surface area contributed by atoms with Crippen molar-refractivity contribution in [2.45, 2.75) is 38.2 Å². The van der Waals surface area contributed by atoms with Crippen LogP contribution in [0.4, 0.5) is 0 Å². The van der Waals surface area contributed by atoms with E-state index in [0.717, 1.165) is 30.7 Å². The summed E-state index contributed by atoms with van der Waals surface area (Å²) in [5.41, 5.74) is 0.988. The molecule has 2 aliphatic heterocycles. The number of carbonyl (C=O) groups excluding carboxylic acids is 1. The van der Waals surface area contributed by atoms with Crippen molar-refractivity contribution in [3.05, 3.63) is 40.5 Å². The molecule has 6 nitrogen and oxygen atoms in total. The Morgan fingerprint density at radius 2 is 2.29 bits per heavy atom. The number of benzene rings is 1. The summed E-state index contributed by atoms with van der Waals surface area (Å²) in [4.78, 5) is 19.0. The number of ether oxygens (including phenoxy) is 1. The molecule has 2 aromatic rings. The van der Waals surface area contributed by atoms with Crippen LogP contribution in [0, 0.1) is 6.92 Å². The first-order chi connectivity index (χ1) is 11.6. The van der Waals surface area contributed by atoms with Gasteiger partial charge in [-0.2, -0.15) is 4.98 Å². The minimum atomic E-state index is -0.471. The topological polar surface area (TPSA) is 68.5 Å². The minimum absolute atomic E-state index is 0.0169. The summed E-state index contributed by atoms with van der Waals surface area (Å²) in [5, 5.41) is 4.51. The number of halogens is 1. The van der Waals surface area contributed by atoms with E-state index in [1.165, 1.54) is 0 Å². The van der Waals surface area contributed by atoms with Crippen LogP contribution in [0.5, 0.6) is 5.75 Å². The molecule has 2 atom stereocenters. The molecule has 2 aliphatic rings. The third-order valence-electron chi connectivity index (χ3n) is 4.60. The second-order valence-corrected chi connectivity index (χ2v) is 6.80. The Kier molecular flexibility index (Phi) is 3.92. The molecule has 0 aliphatic carbocycles. The molecule has 1 aromatic heterocycles. The van der Waals surface area contributed by atoms with E-state index < -0.39 is 6.10 Å². The van der Waals surface area contributed by atoms with Crippen LogP contribution in [0.15, 0.2) is 22.7 Å². The number of amides is 1. The van der Waals surface area contributed by atoms with Crippen LogP contribution >= 0.6 is 11.6 Å². The summed E-state index contributed by atoms with van der Waals surface area (Å²) >= 11 is 6.01. The van der Waals surface area contributed by atoms with Crippen molar-refractivity contribution < 1.29 is 14.1 Å². The van der Waals surface area contributed by atoms with Gasteiger partial charge in [0.2, 0.25) is 5.89 Å². The third kappa shape index (κ3) is 2.86. The fourth-order valence-corrected chi connectivity index (χ4v) is 3.61. The maximum atomic E-state index is 12.8. The predicted molar refractivity (Wildman–Crippen MR) is 87.2 cm³/mol. The first-order valence-corrected chi connectivity index (χ1v) is 8.52. The minimum Gasteiger partial charge on any atom is -0.480 e. The smallest absolute Gasteiger partial charge is 0.264 e. The van der Waals surface area contributed by atoms with Crippen molar-refractivity contribution in [3.8, 4) is 5.75 Å². The number of piperidine rings is 1. The molecule has 1 saturated heterocycles. The molecule has 7 heteroatoms. The van der Waals surface area contributed by atoms with Gasteiger partial charge in [0.1, 0.15) is 5.75 Å². The Morgan fingerprint density at radius 3 is 3.08 bits per heavy atom. The standard InChI is InChI=1S/C17H18ClN3O3/c1-10-19-16(24-20-10)11-3-2-6-21(9-11)17(22)15-8-12-7-13(18)4-5-14(12)23-15/h4-5,7,11,15H,2-3,6,8-9H2,1H3/t11-,15+/m1/s1. The Balaban J connectivity index is 1.45. The van der Waals surface area contributed by atoms with Crippen molar-refractivity contribution in [2.24, 2.45) is 0 Å². The average Bonchev–Trinajstić information content (AvgIpc) is 3.20. The zero-order chi connectivity index (χ0) is 16.7. The summed E-state index contributed by atoms with van der Waals surface area (Å²) < 4.78 is 11.1. The van der Waals surface area contributed by atoms with Gasteiger partial charge in [0, 0.05) is 24.5 Å². The van der Waals surface area contributed by atoms with Gasteiger partial charge in [-0.15, -0.1) is 0 Å². The summed E-state index contributed by atoms with van der Waals surface area (Å²) in [6.07, 6.45) is 1.97. The maximum Gasteiger partial charge on any atom is 0.264 e. The molecule has 4 rings (SSSR count). The molecular formula is C17H18ClN3O3. The second-order valence-electron chi connectivity index (χ2n) is 6.37. The fraction of sp³-hybridized carbons (Fsp3) is 0.471. The number of aryl methyl sites for hydroxylation is 1. The highest BCUT2D eigenvalue weighted by Gasteiger charge is 2.36. The molecule has 1 amide bonds. The summed E-state index contributed by atoms with van der Waals surface area (Å²) in [6, 6.07) is 5.47. The highest BCUT2D eigenvalue weighted by atomic mass is 35.5. The third-order valence-corrected chi connectivity index (χ3v) is 4.83. The van der Waals surface area contributed by atoms with Crippen molar-refractivity contribution in [3.63, 3.8) is 0 Å². The second kappa shape index (κ2) is 6.09. The van der Waals surface area contributed by atoms with Crippen molar-refractivity contribution >= 4 is 17.5 Å². The molecule has 126 valence electrons. The number of hydrogen-bond acceptors (Lipinski definition) is 5. The van der Waals surface area contributed by atoms with E-state index in [9.17, 15) is 4.79 Å². The van der Waals surface area contributed by atoms with Crippen LogP contribution in [0.25, 0.3) is 0 Å². The Hall–Kier alpha value is -2.08. The van der Waals surface area contributed by atoms with Crippen LogP contribution in [-0.4, -0.2) is 40.1 Å². The number of likely N-dealkylation sites (tertiary alicyclic amines) is 1. The molecule has 1 fully saturated rings. The van der Waals surface area contributed by atoms with E-state index in [2.05, 4.69) is 10.1 Å². The summed E-state index contributed by atoms with van der Waals surface area (Å²) in [6.45, 7) is 3.13. The van der Waals surface area contributed by atoms with E-state index in [-0.39, 0.29) is 11.8 Å². The average molecular weight is 348 g/mol. The quantitative estimate of drug-likeness (QED) is 0.835. The first-order valence-electron chi connectivity index (χ1n) is 8.14. The normalized spacial score (nSPS) is 23.0. The van der Waals surface area contributed by atoms with Gasteiger partial charge < -0.3 is 14.2 Å².